The summed E-state index contributed by atoms with van der Waals surface area (Å²) < 4.78 is 0. The molecule has 0 aliphatic heterocycles. The largest absolute Gasteiger partial charge is 0.219 e. The molecule has 0 unspecified atom stereocenters. The van der Waals surface area contributed by atoms with Gasteiger partial charge in [0.1, 0.15) is 0 Å². The fourth-order valence-electron chi connectivity index (χ4n) is 2.50. The molecule has 0 bridgehead atoms. The van der Waals surface area contributed by atoms with Crippen molar-refractivity contribution in [3.63, 3.8) is 0 Å². The number of benzene rings is 2. The Bertz CT molecular complexity index is 446. The van der Waals surface area contributed by atoms with E-state index in [-0.39, 0.29) is 5.92 Å². The first kappa shape index (κ1) is 10.5. The van der Waals surface area contributed by atoms with Gasteiger partial charge in [-0.15, -0.1) is 0 Å². The van der Waals surface area contributed by atoms with Crippen LogP contribution in [-0.4, -0.2) is 0 Å². The van der Waals surface area contributed by atoms with Crippen molar-refractivity contribution in [1.29, 1.82) is 0 Å². The monoisotopic (exact) mass is 223 g/mol. The Balaban J connectivity index is 2.11. The summed E-state index contributed by atoms with van der Waals surface area (Å²) in [5.41, 5.74) is 0.741. The minimum Gasteiger partial charge on any atom is -0.219 e. The second kappa shape index (κ2) is 4.01. The highest BCUT2D eigenvalue weighted by Gasteiger charge is 2.48. The molecule has 2 aromatic carbocycles. The van der Waals surface area contributed by atoms with Crippen LogP contribution in [-0.2, 0) is 10.7 Å². The van der Waals surface area contributed by atoms with Crippen molar-refractivity contribution in [3.8, 4) is 0 Å². The number of hydrogen-bond donors (Lipinski definition) is 0. The molecule has 0 heterocycles. The Kier molecular flexibility index (Phi) is 2.49. The summed E-state index contributed by atoms with van der Waals surface area (Å²) in [5, 5.41) is 13.3. The Labute approximate surface area is 102 Å². The first-order chi connectivity index (χ1) is 8.32. The van der Waals surface area contributed by atoms with Gasteiger partial charge in [0, 0.05) is 0 Å². The summed E-state index contributed by atoms with van der Waals surface area (Å²) in [6.07, 6.45) is 2.10. The molecule has 1 aliphatic rings. The Morgan fingerprint density at radius 1 is 0.765 bits per heavy atom. The lowest BCUT2D eigenvalue weighted by atomic mass is 9.82. The Morgan fingerprint density at radius 3 is 1.53 bits per heavy atom. The molecule has 1 radical (unpaired) electrons. The molecule has 1 aliphatic carbocycles. The molecule has 0 spiro atoms. The van der Waals surface area contributed by atoms with E-state index in [1.807, 2.05) is 60.7 Å². The average molecular weight is 223 g/mol. The summed E-state index contributed by atoms with van der Waals surface area (Å²) in [7, 11) is 0. The second-order valence-electron chi connectivity index (χ2n) is 4.74. The van der Waals surface area contributed by atoms with E-state index >= 15 is 0 Å². The molecule has 1 nitrogen and oxygen atoms in total. The molecule has 1 heteroatoms. The van der Waals surface area contributed by atoms with Gasteiger partial charge in [0.2, 0.25) is 0 Å². The van der Waals surface area contributed by atoms with E-state index in [1.54, 1.807) is 0 Å². The first-order valence-electron chi connectivity index (χ1n) is 6.13. The highest BCUT2D eigenvalue weighted by atomic mass is 16.3. The van der Waals surface area contributed by atoms with Gasteiger partial charge in [-0.3, -0.25) is 0 Å². The van der Waals surface area contributed by atoms with Crippen LogP contribution in [0.15, 0.2) is 60.7 Å². The van der Waals surface area contributed by atoms with Crippen LogP contribution in [0.3, 0.4) is 0 Å². The Hall–Kier alpha value is -1.60. The van der Waals surface area contributed by atoms with Crippen molar-refractivity contribution in [1.82, 2.24) is 0 Å². The van der Waals surface area contributed by atoms with Crippen molar-refractivity contribution in [2.75, 3.05) is 0 Å². The molecule has 0 saturated heterocycles. The van der Waals surface area contributed by atoms with Gasteiger partial charge in [-0.05, 0) is 29.9 Å². The third kappa shape index (κ3) is 1.77. The fraction of sp³-hybridized carbons (Fsp3) is 0.250. The van der Waals surface area contributed by atoms with Gasteiger partial charge < -0.3 is 0 Å². The molecule has 3 rings (SSSR count). The van der Waals surface area contributed by atoms with Crippen molar-refractivity contribution in [2.24, 2.45) is 5.92 Å². The SMILES string of the molecule is [O]C(c1ccccc1)(c1ccccc1)C1CC1. The first-order valence-corrected chi connectivity index (χ1v) is 6.13. The average Bonchev–Trinajstić information content (AvgIpc) is 3.24. The van der Waals surface area contributed by atoms with Crippen molar-refractivity contribution < 1.29 is 5.11 Å². The van der Waals surface area contributed by atoms with Gasteiger partial charge in [0.05, 0.1) is 0 Å². The lowest BCUT2D eigenvalue weighted by Crippen LogP contribution is -2.28. The van der Waals surface area contributed by atoms with E-state index in [0.717, 1.165) is 24.0 Å². The van der Waals surface area contributed by atoms with Gasteiger partial charge in [0.25, 0.3) is 0 Å². The lowest BCUT2D eigenvalue weighted by Gasteiger charge is -2.26. The zero-order chi connectivity index (χ0) is 11.7. The van der Waals surface area contributed by atoms with Gasteiger partial charge in [0.15, 0.2) is 5.60 Å². The van der Waals surface area contributed by atoms with Crippen LogP contribution in [0.25, 0.3) is 0 Å². The molecule has 1 fully saturated rings. The molecule has 0 aromatic heterocycles. The van der Waals surface area contributed by atoms with E-state index in [2.05, 4.69) is 0 Å². The minimum atomic E-state index is -1.05. The predicted octanol–water partition coefficient (Wildman–Crippen LogP) is 3.77. The maximum Gasteiger partial charge on any atom is 0.156 e. The highest BCUT2D eigenvalue weighted by Crippen LogP contribution is 2.49. The van der Waals surface area contributed by atoms with Crippen LogP contribution in [0.4, 0.5) is 0 Å². The summed E-state index contributed by atoms with van der Waals surface area (Å²) in [5.74, 6) is 0.257. The van der Waals surface area contributed by atoms with Crippen LogP contribution in [0.2, 0.25) is 0 Å². The molecule has 2 aromatic rings. The number of hydrogen-bond acceptors (Lipinski definition) is 0. The topological polar surface area (TPSA) is 19.9 Å². The highest BCUT2D eigenvalue weighted by molar-refractivity contribution is 5.38. The quantitative estimate of drug-likeness (QED) is 0.754. The normalized spacial score (nSPS) is 15.8. The van der Waals surface area contributed by atoms with Gasteiger partial charge in [-0.25, -0.2) is 5.11 Å². The van der Waals surface area contributed by atoms with E-state index in [9.17, 15) is 5.11 Å². The molecular formula is C16H15O. The predicted molar refractivity (Wildman–Crippen MR) is 67.1 cm³/mol. The third-order valence-electron chi connectivity index (χ3n) is 3.56. The molecule has 17 heavy (non-hydrogen) atoms. The van der Waals surface area contributed by atoms with Crippen LogP contribution in [0.5, 0.6) is 0 Å². The minimum absolute atomic E-state index is 0.257. The smallest absolute Gasteiger partial charge is 0.156 e. The maximum absolute atomic E-state index is 13.3. The van der Waals surface area contributed by atoms with Crippen LogP contribution < -0.4 is 0 Å². The zero-order valence-corrected chi connectivity index (χ0v) is 9.67. The standard InChI is InChI=1S/C16H15O/c17-16(15-11-12-15,13-7-3-1-4-8-13)14-9-5-2-6-10-14/h1-10,15H,11-12H2. The van der Waals surface area contributed by atoms with Crippen LogP contribution >= 0.6 is 0 Å². The van der Waals surface area contributed by atoms with Gasteiger partial charge in [-0.2, -0.15) is 0 Å². The molecule has 0 atom stereocenters. The van der Waals surface area contributed by atoms with Gasteiger partial charge >= 0.3 is 0 Å². The fourth-order valence-corrected chi connectivity index (χ4v) is 2.50. The molecular weight excluding hydrogens is 208 g/mol. The summed E-state index contributed by atoms with van der Waals surface area (Å²) >= 11 is 0. The van der Waals surface area contributed by atoms with Crippen LogP contribution in [0, 0.1) is 5.92 Å². The third-order valence-corrected chi connectivity index (χ3v) is 3.56. The molecule has 0 N–H and O–H groups in total. The van der Waals surface area contributed by atoms with Gasteiger partial charge in [-0.1, -0.05) is 60.7 Å². The molecule has 85 valence electrons. The van der Waals surface area contributed by atoms with Crippen molar-refractivity contribution in [3.05, 3.63) is 71.8 Å². The maximum atomic E-state index is 13.3. The molecule has 1 saturated carbocycles. The van der Waals surface area contributed by atoms with E-state index in [0.29, 0.717) is 0 Å². The van der Waals surface area contributed by atoms with Crippen LogP contribution in [0.1, 0.15) is 24.0 Å². The summed E-state index contributed by atoms with van der Waals surface area (Å²) in [4.78, 5) is 0. The van der Waals surface area contributed by atoms with Crippen molar-refractivity contribution in [2.45, 2.75) is 18.4 Å². The zero-order valence-electron chi connectivity index (χ0n) is 9.67. The van der Waals surface area contributed by atoms with E-state index in [4.69, 9.17) is 0 Å². The lowest BCUT2D eigenvalue weighted by molar-refractivity contribution is -0.0174. The second-order valence-corrected chi connectivity index (χ2v) is 4.74. The van der Waals surface area contributed by atoms with E-state index in [1.165, 1.54) is 0 Å². The number of rotatable bonds is 3. The van der Waals surface area contributed by atoms with Crippen molar-refractivity contribution >= 4 is 0 Å². The van der Waals surface area contributed by atoms with E-state index < -0.39 is 5.60 Å². The summed E-state index contributed by atoms with van der Waals surface area (Å²) in [6.45, 7) is 0. The molecule has 0 amide bonds. The Morgan fingerprint density at radius 2 is 1.18 bits per heavy atom. The summed E-state index contributed by atoms with van der Waals surface area (Å²) in [6, 6.07) is 19.6.